The van der Waals surface area contributed by atoms with E-state index in [0.717, 1.165) is 19.3 Å². The average Bonchev–Trinajstić information content (AvgIpc) is 2.48. The zero-order valence-electron chi connectivity index (χ0n) is 12.5. The van der Waals surface area contributed by atoms with Gasteiger partial charge >= 0.3 is 0 Å². The Morgan fingerprint density at radius 1 is 1.41 bits per heavy atom. The molecule has 0 radical (unpaired) electrons. The first-order valence-corrected chi connectivity index (χ1v) is 7.11. The molecule has 1 aliphatic rings. The predicted molar refractivity (Wildman–Crippen MR) is 85.7 cm³/mol. The molecular formula is C15H21ClFN3O2. The van der Waals surface area contributed by atoms with Crippen molar-refractivity contribution in [3.05, 3.63) is 29.6 Å². The largest absolute Gasteiger partial charge is 0.334 e. The highest BCUT2D eigenvalue weighted by Crippen LogP contribution is 2.22. The van der Waals surface area contributed by atoms with Crippen molar-refractivity contribution in [3.8, 4) is 0 Å². The summed E-state index contributed by atoms with van der Waals surface area (Å²) in [4.78, 5) is 25.2. The number of anilines is 1. The van der Waals surface area contributed by atoms with E-state index in [9.17, 15) is 14.0 Å². The van der Waals surface area contributed by atoms with Gasteiger partial charge in [-0.05, 0) is 37.5 Å². The smallest absolute Gasteiger partial charge is 0.257 e. The van der Waals surface area contributed by atoms with Crippen LogP contribution in [0.15, 0.2) is 18.2 Å². The van der Waals surface area contributed by atoms with Gasteiger partial charge in [-0.1, -0.05) is 0 Å². The number of carbonyl (C=O) groups is 2. The molecule has 1 aliphatic heterocycles. The summed E-state index contributed by atoms with van der Waals surface area (Å²) in [5, 5.41) is 2.55. The van der Waals surface area contributed by atoms with Gasteiger partial charge in [0.2, 0.25) is 5.91 Å². The van der Waals surface area contributed by atoms with Crippen molar-refractivity contribution in [1.29, 1.82) is 0 Å². The van der Waals surface area contributed by atoms with E-state index in [-0.39, 0.29) is 35.8 Å². The zero-order chi connectivity index (χ0) is 15.4. The second-order valence-electron chi connectivity index (χ2n) is 5.26. The summed E-state index contributed by atoms with van der Waals surface area (Å²) in [6, 6.07) is 3.96. The van der Waals surface area contributed by atoms with Crippen LogP contribution in [0, 0.1) is 5.82 Å². The Morgan fingerprint density at radius 3 is 2.77 bits per heavy atom. The molecule has 1 saturated heterocycles. The summed E-state index contributed by atoms with van der Waals surface area (Å²) in [5.74, 6) is -1.22. The van der Waals surface area contributed by atoms with Crippen LogP contribution in [0.5, 0.6) is 0 Å². The van der Waals surface area contributed by atoms with E-state index >= 15 is 0 Å². The summed E-state index contributed by atoms with van der Waals surface area (Å²) < 4.78 is 14.0. The van der Waals surface area contributed by atoms with Gasteiger partial charge in [-0.15, -0.1) is 12.4 Å². The van der Waals surface area contributed by atoms with Crippen LogP contribution in [0.25, 0.3) is 0 Å². The molecule has 1 heterocycles. The molecule has 0 aromatic heterocycles. The molecule has 0 saturated carbocycles. The minimum atomic E-state index is -0.588. The molecule has 3 N–H and O–H groups in total. The molecule has 7 heteroatoms. The van der Waals surface area contributed by atoms with Crippen molar-refractivity contribution >= 4 is 29.9 Å². The predicted octanol–water partition coefficient (Wildman–Crippen LogP) is 2.16. The van der Waals surface area contributed by atoms with Crippen molar-refractivity contribution in [1.82, 2.24) is 4.90 Å². The molecule has 122 valence electrons. The second-order valence-corrected chi connectivity index (χ2v) is 5.26. The Labute approximate surface area is 135 Å². The number of amides is 2. The van der Waals surface area contributed by atoms with Crippen molar-refractivity contribution < 1.29 is 14.0 Å². The standard InChI is InChI=1S/C15H20FN3O2.ClH/c1-10(20)18-11-5-6-14(16)13(8-11)15(21)19-7-3-2-4-12(19)9-17;/h5-6,8,12H,2-4,7,9,17H2,1H3,(H,18,20);1H. The molecule has 22 heavy (non-hydrogen) atoms. The maximum Gasteiger partial charge on any atom is 0.257 e. The van der Waals surface area contributed by atoms with Crippen molar-refractivity contribution in [2.75, 3.05) is 18.4 Å². The lowest BCUT2D eigenvalue weighted by Crippen LogP contribution is -2.47. The van der Waals surface area contributed by atoms with Gasteiger partial charge in [-0.25, -0.2) is 4.39 Å². The maximum absolute atomic E-state index is 14.0. The molecule has 2 rings (SSSR count). The minimum Gasteiger partial charge on any atom is -0.334 e. The van der Waals surface area contributed by atoms with Crippen LogP contribution in [0.2, 0.25) is 0 Å². The Morgan fingerprint density at radius 2 is 2.14 bits per heavy atom. The number of halogens is 2. The minimum absolute atomic E-state index is 0. The van der Waals surface area contributed by atoms with Crippen molar-refractivity contribution in [2.24, 2.45) is 5.73 Å². The van der Waals surface area contributed by atoms with Crippen LogP contribution in [-0.2, 0) is 4.79 Å². The van der Waals surface area contributed by atoms with Gasteiger partial charge in [0.25, 0.3) is 5.91 Å². The lowest BCUT2D eigenvalue weighted by molar-refractivity contribution is -0.114. The van der Waals surface area contributed by atoms with E-state index in [4.69, 9.17) is 5.73 Å². The molecule has 1 fully saturated rings. The van der Waals surface area contributed by atoms with Gasteiger partial charge in [-0.3, -0.25) is 9.59 Å². The fraction of sp³-hybridized carbons (Fsp3) is 0.467. The number of rotatable bonds is 3. The summed E-state index contributed by atoms with van der Waals surface area (Å²) in [6.07, 6.45) is 2.77. The molecule has 0 bridgehead atoms. The molecule has 2 amide bonds. The van der Waals surface area contributed by atoms with Crippen LogP contribution in [0.1, 0.15) is 36.5 Å². The monoisotopic (exact) mass is 329 g/mol. The van der Waals surface area contributed by atoms with Gasteiger partial charge in [0.05, 0.1) is 5.56 Å². The fourth-order valence-corrected chi connectivity index (χ4v) is 2.64. The number of nitrogens with two attached hydrogens (primary N) is 1. The Hall–Kier alpha value is -1.66. The molecular weight excluding hydrogens is 309 g/mol. The summed E-state index contributed by atoms with van der Waals surface area (Å²) >= 11 is 0. The van der Waals surface area contributed by atoms with E-state index in [1.807, 2.05) is 0 Å². The lowest BCUT2D eigenvalue weighted by atomic mass is 10.0. The highest BCUT2D eigenvalue weighted by Gasteiger charge is 2.28. The zero-order valence-corrected chi connectivity index (χ0v) is 13.3. The van der Waals surface area contributed by atoms with Gasteiger partial charge in [0.1, 0.15) is 5.82 Å². The Kier molecular flexibility index (Phi) is 6.77. The fourth-order valence-electron chi connectivity index (χ4n) is 2.64. The van der Waals surface area contributed by atoms with Crippen molar-refractivity contribution in [2.45, 2.75) is 32.2 Å². The number of likely N-dealkylation sites (tertiary alicyclic amines) is 1. The third-order valence-corrected chi connectivity index (χ3v) is 3.68. The highest BCUT2D eigenvalue weighted by atomic mass is 35.5. The van der Waals surface area contributed by atoms with Crippen LogP contribution >= 0.6 is 12.4 Å². The first kappa shape index (κ1) is 18.4. The molecule has 1 unspecified atom stereocenters. The van der Waals surface area contributed by atoms with Gasteiger partial charge < -0.3 is 16.0 Å². The number of nitrogens with one attached hydrogen (secondary N) is 1. The summed E-state index contributed by atoms with van der Waals surface area (Å²) in [7, 11) is 0. The third-order valence-electron chi connectivity index (χ3n) is 3.68. The summed E-state index contributed by atoms with van der Waals surface area (Å²) in [5.41, 5.74) is 6.08. The average molecular weight is 330 g/mol. The van der Waals surface area contributed by atoms with E-state index < -0.39 is 5.82 Å². The van der Waals surface area contributed by atoms with Crippen LogP contribution in [-0.4, -0.2) is 35.8 Å². The number of piperidine rings is 1. The maximum atomic E-state index is 14.0. The van der Waals surface area contributed by atoms with Crippen LogP contribution < -0.4 is 11.1 Å². The van der Waals surface area contributed by atoms with Gasteiger partial charge in [0, 0.05) is 31.7 Å². The SMILES string of the molecule is CC(=O)Nc1ccc(F)c(C(=O)N2CCCCC2CN)c1.Cl. The molecule has 1 aromatic carbocycles. The lowest BCUT2D eigenvalue weighted by Gasteiger charge is -2.35. The number of hydrogen-bond donors (Lipinski definition) is 2. The quantitative estimate of drug-likeness (QED) is 0.892. The Balaban J connectivity index is 0.00000242. The molecule has 1 aromatic rings. The Bertz CT molecular complexity index is 554. The van der Waals surface area contributed by atoms with Gasteiger partial charge in [0.15, 0.2) is 0 Å². The van der Waals surface area contributed by atoms with Crippen LogP contribution in [0.4, 0.5) is 10.1 Å². The first-order chi connectivity index (χ1) is 10.0. The second kappa shape index (κ2) is 8.10. The highest BCUT2D eigenvalue weighted by molar-refractivity contribution is 5.97. The number of benzene rings is 1. The van der Waals surface area contributed by atoms with E-state index in [1.165, 1.54) is 25.1 Å². The number of carbonyl (C=O) groups excluding carboxylic acids is 2. The first-order valence-electron chi connectivity index (χ1n) is 7.11. The van der Waals surface area contributed by atoms with E-state index in [1.54, 1.807) is 4.90 Å². The number of nitrogens with zero attached hydrogens (tertiary/aromatic N) is 1. The number of hydrogen-bond acceptors (Lipinski definition) is 3. The normalized spacial score (nSPS) is 17.6. The van der Waals surface area contributed by atoms with E-state index in [0.29, 0.717) is 18.8 Å². The topological polar surface area (TPSA) is 75.4 Å². The molecule has 0 aliphatic carbocycles. The van der Waals surface area contributed by atoms with Gasteiger partial charge in [-0.2, -0.15) is 0 Å². The van der Waals surface area contributed by atoms with Crippen molar-refractivity contribution in [3.63, 3.8) is 0 Å². The van der Waals surface area contributed by atoms with Crippen LogP contribution in [0.3, 0.4) is 0 Å². The molecule has 5 nitrogen and oxygen atoms in total. The third kappa shape index (κ3) is 4.18. The molecule has 0 spiro atoms. The van der Waals surface area contributed by atoms with E-state index in [2.05, 4.69) is 5.32 Å². The molecule has 1 atom stereocenters. The summed E-state index contributed by atoms with van der Waals surface area (Å²) in [6.45, 7) is 2.32.